The van der Waals surface area contributed by atoms with Crippen LogP contribution < -0.4 is 0 Å². The van der Waals surface area contributed by atoms with Crippen molar-refractivity contribution in [3.63, 3.8) is 0 Å². The topological polar surface area (TPSA) is 40.5 Å². The van der Waals surface area contributed by atoms with E-state index in [4.69, 9.17) is 0 Å². The smallest absolute Gasteiger partial charge is 0.246 e. The molecule has 1 amide bonds. The van der Waals surface area contributed by atoms with Gasteiger partial charge in [-0.2, -0.15) is 0 Å². The number of carbonyl (C=O) groups excluding carboxylic acids is 1. The van der Waals surface area contributed by atoms with Gasteiger partial charge in [0.1, 0.15) is 0 Å². The van der Waals surface area contributed by atoms with Gasteiger partial charge in [-0.15, -0.1) is 0 Å². The minimum Gasteiger partial charge on any atom is -0.286 e. The number of nitrogens with zero attached hydrogens (tertiary/aromatic N) is 1. The predicted molar refractivity (Wildman–Crippen MR) is 73.9 cm³/mol. The van der Waals surface area contributed by atoms with Gasteiger partial charge in [-0.05, 0) is 35.6 Å². The van der Waals surface area contributed by atoms with Crippen LogP contribution in [-0.4, -0.2) is 22.2 Å². The Hall–Kier alpha value is -1.87. The summed E-state index contributed by atoms with van der Waals surface area (Å²) in [5, 5.41) is 13.0. The largest absolute Gasteiger partial charge is 0.286 e. The van der Waals surface area contributed by atoms with Crippen LogP contribution in [0.3, 0.4) is 0 Å². The minimum absolute atomic E-state index is 0.0148. The summed E-state index contributed by atoms with van der Waals surface area (Å²) in [7, 11) is 0. The normalized spacial score (nSPS) is 19.3. The third-order valence-electron chi connectivity index (χ3n) is 3.87. The maximum atomic E-state index is 11.2. The van der Waals surface area contributed by atoms with Crippen molar-refractivity contribution < 1.29 is 10.0 Å². The van der Waals surface area contributed by atoms with E-state index < -0.39 is 0 Å². The maximum Gasteiger partial charge on any atom is 0.246 e. The Bertz CT molecular complexity index is 608. The van der Waals surface area contributed by atoms with Gasteiger partial charge in [0.15, 0.2) is 0 Å². The van der Waals surface area contributed by atoms with E-state index in [2.05, 4.69) is 30.3 Å². The quantitative estimate of drug-likeness (QED) is 0.856. The second-order valence-electron chi connectivity index (χ2n) is 5.15. The fourth-order valence-electron chi connectivity index (χ4n) is 2.72. The minimum atomic E-state index is -0.150. The lowest BCUT2D eigenvalue weighted by atomic mass is 10.0. The molecule has 0 spiro atoms. The van der Waals surface area contributed by atoms with Gasteiger partial charge in [0, 0.05) is 6.42 Å². The average molecular weight is 255 g/mol. The van der Waals surface area contributed by atoms with Gasteiger partial charge in [0.05, 0.1) is 6.04 Å². The molecular weight excluding hydrogens is 238 g/mol. The molecule has 3 nitrogen and oxygen atoms in total. The molecule has 3 heteroatoms. The van der Waals surface area contributed by atoms with Crippen LogP contribution in [0.5, 0.6) is 0 Å². The Kier molecular flexibility index (Phi) is 3.22. The number of hydroxylamine groups is 2. The Morgan fingerprint density at radius 1 is 1.16 bits per heavy atom. The molecule has 1 unspecified atom stereocenters. The van der Waals surface area contributed by atoms with Crippen molar-refractivity contribution in [2.24, 2.45) is 0 Å². The second kappa shape index (κ2) is 5.02. The van der Waals surface area contributed by atoms with Crippen molar-refractivity contribution in [3.8, 4) is 0 Å². The van der Waals surface area contributed by atoms with E-state index in [-0.39, 0.29) is 11.9 Å². The Labute approximate surface area is 112 Å². The number of benzene rings is 2. The molecule has 0 bridgehead atoms. The van der Waals surface area contributed by atoms with Crippen LogP contribution in [0.1, 0.15) is 24.8 Å². The van der Waals surface area contributed by atoms with E-state index in [1.165, 1.54) is 16.3 Å². The van der Waals surface area contributed by atoms with Crippen LogP contribution in [0, 0.1) is 0 Å². The Morgan fingerprint density at radius 2 is 1.95 bits per heavy atom. The van der Waals surface area contributed by atoms with Crippen LogP contribution >= 0.6 is 0 Å². The molecule has 0 aromatic heterocycles. The lowest BCUT2D eigenvalue weighted by Gasteiger charge is -2.17. The van der Waals surface area contributed by atoms with Crippen LogP contribution in [0.2, 0.25) is 0 Å². The molecule has 0 radical (unpaired) electrons. The molecule has 1 aliphatic rings. The number of amides is 1. The highest BCUT2D eigenvalue weighted by Crippen LogP contribution is 2.22. The molecule has 19 heavy (non-hydrogen) atoms. The van der Waals surface area contributed by atoms with Gasteiger partial charge in [0.25, 0.3) is 0 Å². The van der Waals surface area contributed by atoms with Crippen LogP contribution in [0.4, 0.5) is 0 Å². The number of fused-ring (bicyclic) bond motifs is 1. The Balaban J connectivity index is 1.70. The first-order chi connectivity index (χ1) is 9.24. The zero-order chi connectivity index (χ0) is 13.2. The molecule has 1 fully saturated rings. The molecule has 2 aromatic carbocycles. The first-order valence-electron chi connectivity index (χ1n) is 6.72. The van der Waals surface area contributed by atoms with Gasteiger partial charge in [-0.3, -0.25) is 10.0 Å². The molecule has 1 atom stereocenters. The van der Waals surface area contributed by atoms with E-state index in [1.54, 1.807) is 0 Å². The number of hydrogen-bond donors (Lipinski definition) is 1. The van der Waals surface area contributed by atoms with E-state index in [0.29, 0.717) is 6.42 Å². The standard InChI is InChI=1S/C16H17NO2/c18-16-10-9-15(17(16)19)8-6-12-5-7-13-3-1-2-4-14(13)11-12/h1-5,7,11,15,19H,6,8-10H2. The van der Waals surface area contributed by atoms with Crippen LogP contribution in [0.15, 0.2) is 42.5 Å². The molecule has 1 N–H and O–H groups in total. The summed E-state index contributed by atoms with van der Waals surface area (Å²) in [4.78, 5) is 11.2. The third-order valence-corrected chi connectivity index (χ3v) is 3.87. The highest BCUT2D eigenvalue weighted by Gasteiger charge is 2.29. The Morgan fingerprint density at radius 3 is 2.68 bits per heavy atom. The lowest BCUT2D eigenvalue weighted by molar-refractivity contribution is -0.165. The molecule has 0 aliphatic carbocycles. The molecule has 3 rings (SSSR count). The molecule has 0 saturated carbocycles. The van der Waals surface area contributed by atoms with Gasteiger partial charge in [-0.25, -0.2) is 5.06 Å². The molecule has 98 valence electrons. The SMILES string of the molecule is O=C1CCC(CCc2ccc3ccccc3c2)N1O. The zero-order valence-corrected chi connectivity index (χ0v) is 10.7. The van der Waals surface area contributed by atoms with Gasteiger partial charge in [0.2, 0.25) is 5.91 Å². The van der Waals surface area contributed by atoms with E-state index in [0.717, 1.165) is 24.3 Å². The summed E-state index contributed by atoms with van der Waals surface area (Å²) < 4.78 is 0. The van der Waals surface area contributed by atoms with Crippen molar-refractivity contribution in [1.82, 2.24) is 5.06 Å². The summed E-state index contributed by atoms with van der Waals surface area (Å²) in [6.07, 6.45) is 2.95. The first-order valence-corrected chi connectivity index (χ1v) is 6.72. The third kappa shape index (κ3) is 2.47. The average Bonchev–Trinajstić information content (AvgIpc) is 2.76. The first kappa shape index (κ1) is 12.2. The van der Waals surface area contributed by atoms with Crippen molar-refractivity contribution >= 4 is 16.7 Å². The fraction of sp³-hybridized carbons (Fsp3) is 0.312. The predicted octanol–water partition coefficient (Wildman–Crippen LogP) is 3.15. The molecule has 2 aromatic rings. The van der Waals surface area contributed by atoms with Crippen LogP contribution in [-0.2, 0) is 11.2 Å². The number of carbonyl (C=O) groups is 1. The van der Waals surface area contributed by atoms with Crippen LogP contribution in [0.25, 0.3) is 10.8 Å². The lowest BCUT2D eigenvalue weighted by Crippen LogP contribution is -2.29. The van der Waals surface area contributed by atoms with Gasteiger partial charge >= 0.3 is 0 Å². The number of rotatable bonds is 3. The summed E-state index contributed by atoms with van der Waals surface area (Å²) in [5.74, 6) is -0.150. The highest BCUT2D eigenvalue weighted by molar-refractivity contribution is 5.83. The fourth-order valence-corrected chi connectivity index (χ4v) is 2.72. The number of hydrogen-bond acceptors (Lipinski definition) is 2. The molecule has 1 saturated heterocycles. The van der Waals surface area contributed by atoms with E-state index in [1.807, 2.05) is 12.1 Å². The summed E-state index contributed by atoms with van der Waals surface area (Å²) in [5.41, 5.74) is 1.26. The van der Waals surface area contributed by atoms with E-state index in [9.17, 15) is 10.0 Å². The summed E-state index contributed by atoms with van der Waals surface area (Å²) in [6, 6.07) is 14.7. The second-order valence-corrected chi connectivity index (χ2v) is 5.15. The highest BCUT2D eigenvalue weighted by atomic mass is 16.5. The van der Waals surface area contributed by atoms with Gasteiger partial charge < -0.3 is 0 Å². The summed E-state index contributed by atoms with van der Waals surface area (Å²) in [6.45, 7) is 0. The molecular formula is C16H17NO2. The van der Waals surface area contributed by atoms with E-state index >= 15 is 0 Å². The van der Waals surface area contributed by atoms with Crippen molar-refractivity contribution in [2.45, 2.75) is 31.7 Å². The maximum absolute atomic E-state index is 11.2. The molecule has 1 heterocycles. The molecule has 1 aliphatic heterocycles. The number of aryl methyl sites for hydroxylation is 1. The zero-order valence-electron chi connectivity index (χ0n) is 10.7. The van der Waals surface area contributed by atoms with Crippen molar-refractivity contribution in [1.29, 1.82) is 0 Å². The summed E-state index contributed by atoms with van der Waals surface area (Å²) >= 11 is 0. The monoisotopic (exact) mass is 255 g/mol. The van der Waals surface area contributed by atoms with Crippen molar-refractivity contribution in [2.75, 3.05) is 0 Å². The van der Waals surface area contributed by atoms with Gasteiger partial charge in [-0.1, -0.05) is 42.5 Å². The van der Waals surface area contributed by atoms with Crippen molar-refractivity contribution in [3.05, 3.63) is 48.0 Å².